The van der Waals surface area contributed by atoms with Crippen molar-refractivity contribution in [1.82, 2.24) is 5.32 Å². The van der Waals surface area contributed by atoms with E-state index in [2.05, 4.69) is 80.7 Å². The second-order valence-corrected chi connectivity index (χ2v) is 7.07. The fourth-order valence-electron chi connectivity index (χ4n) is 2.94. The van der Waals surface area contributed by atoms with E-state index < -0.39 is 0 Å². The Morgan fingerprint density at radius 2 is 1.82 bits per heavy atom. The SMILES string of the molecule is CC(C)(C)C1=CCNC(c2cccc(C3=CCCC=C3)c2)=C1. The molecule has 0 unspecified atom stereocenters. The summed E-state index contributed by atoms with van der Waals surface area (Å²) in [6, 6.07) is 8.85. The summed E-state index contributed by atoms with van der Waals surface area (Å²) in [7, 11) is 0. The van der Waals surface area contributed by atoms with Crippen LogP contribution in [0.4, 0.5) is 0 Å². The first-order chi connectivity index (χ1) is 10.5. The Morgan fingerprint density at radius 1 is 1.00 bits per heavy atom. The molecule has 114 valence electrons. The predicted octanol–water partition coefficient (Wildman–Crippen LogP) is 5.34. The Hall–Kier alpha value is -2.02. The lowest BCUT2D eigenvalue weighted by atomic mass is 9.84. The Balaban J connectivity index is 1.93. The van der Waals surface area contributed by atoms with Crippen LogP contribution in [-0.4, -0.2) is 6.54 Å². The van der Waals surface area contributed by atoms with Crippen molar-refractivity contribution in [2.24, 2.45) is 5.41 Å². The van der Waals surface area contributed by atoms with E-state index >= 15 is 0 Å². The third kappa shape index (κ3) is 3.24. The van der Waals surface area contributed by atoms with Crippen LogP contribution in [-0.2, 0) is 0 Å². The molecule has 1 aliphatic heterocycles. The van der Waals surface area contributed by atoms with Crippen LogP contribution in [0.15, 0.2) is 60.2 Å². The minimum Gasteiger partial charge on any atom is -0.381 e. The summed E-state index contributed by atoms with van der Waals surface area (Å²) in [5.41, 5.74) is 6.75. The Bertz CT molecular complexity index is 678. The van der Waals surface area contributed by atoms with Gasteiger partial charge in [-0.15, -0.1) is 0 Å². The average Bonchev–Trinajstić information content (AvgIpc) is 2.55. The van der Waals surface area contributed by atoms with Gasteiger partial charge in [-0.25, -0.2) is 0 Å². The molecule has 0 radical (unpaired) electrons. The van der Waals surface area contributed by atoms with E-state index in [0.717, 1.165) is 19.4 Å². The van der Waals surface area contributed by atoms with Crippen molar-refractivity contribution in [3.63, 3.8) is 0 Å². The van der Waals surface area contributed by atoms with E-state index in [-0.39, 0.29) is 5.41 Å². The molecule has 1 nitrogen and oxygen atoms in total. The van der Waals surface area contributed by atoms with Crippen molar-refractivity contribution in [2.75, 3.05) is 6.54 Å². The molecule has 1 aliphatic carbocycles. The molecule has 1 N–H and O–H groups in total. The van der Waals surface area contributed by atoms with Gasteiger partial charge < -0.3 is 5.32 Å². The van der Waals surface area contributed by atoms with Gasteiger partial charge in [0.25, 0.3) is 0 Å². The molecule has 1 heteroatoms. The molecule has 0 spiro atoms. The van der Waals surface area contributed by atoms with Crippen LogP contribution in [0.2, 0.25) is 0 Å². The fraction of sp³-hybridized carbons (Fsp3) is 0.333. The minimum absolute atomic E-state index is 0.194. The highest BCUT2D eigenvalue weighted by Crippen LogP contribution is 2.31. The molecule has 1 aromatic rings. The second kappa shape index (κ2) is 6.00. The van der Waals surface area contributed by atoms with Crippen LogP contribution >= 0.6 is 0 Å². The van der Waals surface area contributed by atoms with Crippen LogP contribution < -0.4 is 5.32 Å². The number of hydrogen-bond acceptors (Lipinski definition) is 1. The quantitative estimate of drug-likeness (QED) is 0.776. The smallest absolute Gasteiger partial charge is 0.0419 e. The van der Waals surface area contributed by atoms with E-state index in [9.17, 15) is 0 Å². The van der Waals surface area contributed by atoms with Crippen LogP contribution in [0.5, 0.6) is 0 Å². The lowest BCUT2D eigenvalue weighted by Gasteiger charge is -2.26. The van der Waals surface area contributed by atoms with Crippen LogP contribution in [0.3, 0.4) is 0 Å². The zero-order valence-corrected chi connectivity index (χ0v) is 13.8. The van der Waals surface area contributed by atoms with Crippen molar-refractivity contribution in [3.05, 3.63) is 71.3 Å². The summed E-state index contributed by atoms with van der Waals surface area (Å²) in [4.78, 5) is 0. The van der Waals surface area contributed by atoms with Gasteiger partial charge in [-0.2, -0.15) is 0 Å². The highest BCUT2D eigenvalue weighted by atomic mass is 14.9. The van der Waals surface area contributed by atoms with Gasteiger partial charge >= 0.3 is 0 Å². The Kier molecular flexibility index (Phi) is 4.06. The monoisotopic (exact) mass is 291 g/mol. The average molecular weight is 291 g/mol. The first kappa shape index (κ1) is 14.9. The molecule has 0 atom stereocenters. The Labute approximate surface area is 134 Å². The molecular weight excluding hydrogens is 266 g/mol. The topological polar surface area (TPSA) is 12.0 Å². The van der Waals surface area contributed by atoms with E-state index in [1.165, 1.54) is 28.0 Å². The highest BCUT2D eigenvalue weighted by molar-refractivity contribution is 5.78. The molecule has 1 heterocycles. The zero-order valence-electron chi connectivity index (χ0n) is 13.8. The molecule has 22 heavy (non-hydrogen) atoms. The molecule has 0 saturated carbocycles. The van der Waals surface area contributed by atoms with Gasteiger partial charge in [0.05, 0.1) is 0 Å². The number of nitrogens with one attached hydrogen (secondary N) is 1. The summed E-state index contributed by atoms with van der Waals surface area (Å²) in [6.45, 7) is 7.72. The molecule has 3 rings (SSSR count). The third-order valence-electron chi connectivity index (χ3n) is 4.28. The zero-order chi connectivity index (χ0) is 15.6. The van der Waals surface area contributed by atoms with E-state index in [4.69, 9.17) is 0 Å². The largest absolute Gasteiger partial charge is 0.381 e. The van der Waals surface area contributed by atoms with Gasteiger partial charge in [0.15, 0.2) is 0 Å². The minimum atomic E-state index is 0.194. The van der Waals surface area contributed by atoms with Crippen LogP contribution in [0, 0.1) is 5.41 Å². The molecule has 0 saturated heterocycles. The van der Waals surface area contributed by atoms with Gasteiger partial charge in [0.1, 0.15) is 0 Å². The molecule has 0 aromatic heterocycles. The van der Waals surface area contributed by atoms with Crippen LogP contribution in [0.25, 0.3) is 11.3 Å². The molecule has 0 fully saturated rings. The number of benzene rings is 1. The molecular formula is C21H25N. The molecule has 2 aliphatic rings. The molecule has 1 aromatic carbocycles. The van der Waals surface area contributed by atoms with E-state index in [1.807, 2.05) is 0 Å². The van der Waals surface area contributed by atoms with E-state index in [0.29, 0.717) is 0 Å². The highest BCUT2D eigenvalue weighted by Gasteiger charge is 2.18. The first-order valence-electron chi connectivity index (χ1n) is 8.18. The molecule has 0 amide bonds. The maximum absolute atomic E-state index is 3.51. The van der Waals surface area contributed by atoms with Gasteiger partial charge in [-0.1, -0.05) is 63.3 Å². The molecule has 0 bridgehead atoms. The predicted molar refractivity (Wildman–Crippen MR) is 96.3 cm³/mol. The summed E-state index contributed by atoms with van der Waals surface area (Å²) < 4.78 is 0. The van der Waals surface area contributed by atoms with Gasteiger partial charge in [0, 0.05) is 12.2 Å². The third-order valence-corrected chi connectivity index (χ3v) is 4.28. The number of dihydropyridines is 1. The number of hydrogen-bond donors (Lipinski definition) is 1. The van der Waals surface area contributed by atoms with Crippen molar-refractivity contribution in [2.45, 2.75) is 33.6 Å². The maximum Gasteiger partial charge on any atom is 0.0419 e. The summed E-state index contributed by atoms with van der Waals surface area (Å²) in [5.74, 6) is 0. The lowest BCUT2D eigenvalue weighted by Crippen LogP contribution is -2.20. The lowest BCUT2D eigenvalue weighted by molar-refractivity contribution is 0.513. The number of allylic oxidation sites excluding steroid dienone is 6. The van der Waals surface area contributed by atoms with Crippen molar-refractivity contribution in [1.29, 1.82) is 0 Å². The van der Waals surface area contributed by atoms with Gasteiger partial charge in [-0.3, -0.25) is 0 Å². The number of rotatable bonds is 2. The Morgan fingerprint density at radius 3 is 2.55 bits per heavy atom. The van der Waals surface area contributed by atoms with Crippen LogP contribution in [0.1, 0.15) is 44.7 Å². The summed E-state index contributed by atoms with van der Waals surface area (Å²) in [5, 5.41) is 3.51. The maximum atomic E-state index is 3.51. The van der Waals surface area contributed by atoms with Gasteiger partial charge in [0.2, 0.25) is 0 Å². The second-order valence-electron chi connectivity index (χ2n) is 7.07. The van der Waals surface area contributed by atoms with Crippen molar-refractivity contribution >= 4 is 11.3 Å². The fourth-order valence-corrected chi connectivity index (χ4v) is 2.94. The standard InChI is InChI=1S/C21H25N/c1-21(2,3)19-12-13-22-20(15-19)18-11-7-10-17(14-18)16-8-5-4-6-9-16/h5,7-12,14-15,22H,4,6,13H2,1-3H3. The normalized spacial score (nSPS) is 18.2. The summed E-state index contributed by atoms with van der Waals surface area (Å²) >= 11 is 0. The van der Waals surface area contributed by atoms with E-state index in [1.54, 1.807) is 0 Å². The van der Waals surface area contributed by atoms with Crippen molar-refractivity contribution in [3.8, 4) is 0 Å². The van der Waals surface area contributed by atoms with Gasteiger partial charge in [-0.05, 0) is 52.7 Å². The summed E-state index contributed by atoms with van der Waals surface area (Å²) in [6.07, 6.45) is 13.7. The first-order valence-corrected chi connectivity index (χ1v) is 8.18. The van der Waals surface area contributed by atoms with Crippen molar-refractivity contribution < 1.29 is 0 Å².